The number of allylic oxidation sites excluding steroid dienone is 1. The van der Waals surface area contributed by atoms with Crippen molar-refractivity contribution in [2.24, 2.45) is 0 Å². The van der Waals surface area contributed by atoms with Crippen molar-refractivity contribution in [3.8, 4) is 16.9 Å². The normalized spacial score (nSPS) is 14.5. The summed E-state index contributed by atoms with van der Waals surface area (Å²) in [7, 11) is 0. The van der Waals surface area contributed by atoms with E-state index in [2.05, 4.69) is 16.4 Å². The van der Waals surface area contributed by atoms with Gasteiger partial charge in [-0.05, 0) is 23.6 Å². The van der Waals surface area contributed by atoms with Crippen LogP contribution in [0.1, 0.15) is 11.1 Å². The van der Waals surface area contributed by atoms with Crippen LogP contribution < -0.4 is 5.63 Å². The van der Waals surface area contributed by atoms with Gasteiger partial charge in [0.2, 0.25) is 0 Å². The van der Waals surface area contributed by atoms with Crippen LogP contribution in [0.25, 0.3) is 22.1 Å². The van der Waals surface area contributed by atoms with Gasteiger partial charge < -0.3 is 14.6 Å². The highest BCUT2D eigenvalue weighted by molar-refractivity contribution is 5.96. The Morgan fingerprint density at radius 1 is 1.03 bits per heavy atom. The van der Waals surface area contributed by atoms with E-state index < -0.39 is 5.63 Å². The molecule has 4 rings (SSSR count). The fourth-order valence-electron chi connectivity index (χ4n) is 4.28. The second kappa shape index (κ2) is 12.2. The monoisotopic (exact) mass is 492 g/mol. The summed E-state index contributed by atoms with van der Waals surface area (Å²) < 4.78 is 5.57. The molecule has 1 aliphatic rings. The zero-order valence-electron chi connectivity index (χ0n) is 18.4. The molecule has 2 heterocycles. The Bertz CT molecular complexity index is 1130. The van der Waals surface area contributed by atoms with Gasteiger partial charge in [-0.1, -0.05) is 36.4 Å². The van der Waals surface area contributed by atoms with Gasteiger partial charge in [0.15, 0.2) is 0 Å². The first-order valence-corrected chi connectivity index (χ1v) is 10.6. The Kier molecular flexibility index (Phi) is 9.95. The Balaban J connectivity index is 0.00000193. The topological polar surface area (TPSA) is 77.1 Å². The van der Waals surface area contributed by atoms with E-state index in [-0.39, 0.29) is 37.2 Å². The average molecular weight is 493 g/mol. The van der Waals surface area contributed by atoms with Crippen molar-refractivity contribution in [2.75, 3.05) is 39.3 Å². The van der Waals surface area contributed by atoms with Crippen molar-refractivity contribution in [1.82, 2.24) is 9.80 Å². The number of rotatable bonds is 7. The molecule has 2 aromatic carbocycles. The zero-order chi connectivity index (χ0) is 21.8. The quantitative estimate of drug-likeness (QED) is 0.385. The molecule has 33 heavy (non-hydrogen) atoms. The molecule has 0 amide bonds. The summed E-state index contributed by atoms with van der Waals surface area (Å²) in [6.45, 7) is 8.78. The van der Waals surface area contributed by atoms with Crippen LogP contribution in [-0.4, -0.2) is 59.3 Å². The number of hydrogen-bond donors (Lipinski definition) is 2. The number of halogens is 2. The average Bonchev–Trinajstić information content (AvgIpc) is 2.78. The van der Waals surface area contributed by atoms with Gasteiger partial charge in [0.25, 0.3) is 0 Å². The predicted molar refractivity (Wildman–Crippen MR) is 137 cm³/mol. The maximum atomic E-state index is 12.3. The second-order valence-corrected chi connectivity index (χ2v) is 7.92. The number of piperazine rings is 1. The Hall–Kier alpha value is -2.35. The molecule has 1 fully saturated rings. The lowest BCUT2D eigenvalue weighted by molar-refractivity contribution is 0.108. The summed E-state index contributed by atoms with van der Waals surface area (Å²) in [4.78, 5) is 16.9. The lowest BCUT2D eigenvalue weighted by Crippen LogP contribution is -2.46. The van der Waals surface area contributed by atoms with E-state index in [0.717, 1.165) is 48.3 Å². The van der Waals surface area contributed by atoms with E-state index in [0.29, 0.717) is 30.7 Å². The van der Waals surface area contributed by atoms with E-state index >= 15 is 0 Å². The number of hydrogen-bond acceptors (Lipinski definition) is 6. The molecule has 0 aliphatic carbocycles. The lowest BCUT2D eigenvalue weighted by atomic mass is 9.95. The van der Waals surface area contributed by atoms with Crippen molar-refractivity contribution < 1.29 is 14.6 Å². The summed E-state index contributed by atoms with van der Waals surface area (Å²) >= 11 is 0. The van der Waals surface area contributed by atoms with Gasteiger partial charge in [-0.15, -0.1) is 31.4 Å². The van der Waals surface area contributed by atoms with Crippen molar-refractivity contribution in [3.63, 3.8) is 0 Å². The van der Waals surface area contributed by atoms with Gasteiger partial charge in [0.05, 0.1) is 6.61 Å². The van der Waals surface area contributed by atoms with Crippen molar-refractivity contribution >= 4 is 35.8 Å². The minimum Gasteiger partial charge on any atom is -0.507 e. The van der Waals surface area contributed by atoms with Gasteiger partial charge in [-0.2, -0.15) is 0 Å². The molecule has 0 unspecified atom stereocenters. The first-order chi connectivity index (χ1) is 15.1. The highest BCUT2D eigenvalue weighted by Crippen LogP contribution is 2.37. The van der Waals surface area contributed by atoms with Crippen molar-refractivity contribution in [2.45, 2.75) is 13.0 Å². The molecule has 8 heteroatoms. The Morgan fingerprint density at radius 2 is 1.70 bits per heavy atom. The summed E-state index contributed by atoms with van der Waals surface area (Å²) in [5.41, 5.74) is 3.11. The summed E-state index contributed by atoms with van der Waals surface area (Å²) in [6.07, 6.45) is 2.11. The first-order valence-electron chi connectivity index (χ1n) is 10.6. The number of β-amino-alcohol motifs (C(OH)–C–C–N with tert-alkyl or cyclic N) is 1. The van der Waals surface area contributed by atoms with E-state index in [1.165, 1.54) is 6.07 Å². The maximum Gasteiger partial charge on any atom is 0.336 e. The standard InChI is InChI=1S/C25H28N2O4.2ClH/c1-2-6-20-24(30)19(17-27-11-9-26(10-12-27)13-14-28)15-22-21(16-23(29)31-25(20)22)18-7-4-3-5-8-18;;/h2-5,7-8,15-16,28,30H,1,6,9-14,17H2;2*1H. The van der Waals surface area contributed by atoms with Gasteiger partial charge in [-0.3, -0.25) is 9.80 Å². The van der Waals surface area contributed by atoms with Crippen LogP contribution >= 0.6 is 24.8 Å². The van der Waals surface area contributed by atoms with E-state index in [4.69, 9.17) is 9.52 Å². The highest BCUT2D eigenvalue weighted by Gasteiger charge is 2.22. The molecule has 0 spiro atoms. The molecule has 1 saturated heterocycles. The van der Waals surface area contributed by atoms with Crippen LogP contribution in [0.4, 0.5) is 0 Å². The number of nitrogens with zero attached hydrogens (tertiary/aromatic N) is 2. The molecule has 0 bridgehead atoms. The number of benzene rings is 2. The summed E-state index contributed by atoms with van der Waals surface area (Å²) in [6, 6.07) is 13.2. The largest absolute Gasteiger partial charge is 0.507 e. The third-order valence-corrected chi connectivity index (χ3v) is 5.89. The maximum absolute atomic E-state index is 12.3. The summed E-state index contributed by atoms with van der Waals surface area (Å²) in [5.74, 6) is 0.165. The molecule has 2 N–H and O–H groups in total. The molecule has 1 aliphatic heterocycles. The number of aliphatic hydroxyl groups excluding tert-OH is 1. The number of aliphatic hydroxyl groups is 1. The number of fused-ring (bicyclic) bond motifs is 1. The van der Waals surface area contributed by atoms with E-state index in [9.17, 15) is 9.90 Å². The molecule has 1 aromatic heterocycles. The molecular weight excluding hydrogens is 463 g/mol. The molecular formula is C25H30Cl2N2O4. The van der Waals surface area contributed by atoms with Crippen molar-refractivity contribution in [3.05, 3.63) is 76.7 Å². The van der Waals surface area contributed by atoms with Gasteiger partial charge >= 0.3 is 5.63 Å². The van der Waals surface area contributed by atoms with E-state index in [1.807, 2.05) is 36.4 Å². The van der Waals surface area contributed by atoms with Crippen LogP contribution in [0.3, 0.4) is 0 Å². The van der Waals surface area contributed by atoms with Crippen LogP contribution in [0.2, 0.25) is 0 Å². The first kappa shape index (κ1) is 26.9. The van der Waals surface area contributed by atoms with Gasteiger partial charge in [-0.25, -0.2) is 4.79 Å². The minimum atomic E-state index is -0.441. The minimum absolute atomic E-state index is 0. The Labute approximate surface area is 206 Å². The molecule has 0 radical (unpaired) electrons. The smallest absolute Gasteiger partial charge is 0.336 e. The summed E-state index contributed by atoms with van der Waals surface area (Å²) in [5, 5.41) is 21.0. The molecule has 0 saturated carbocycles. The highest BCUT2D eigenvalue weighted by atomic mass is 35.5. The fourth-order valence-corrected chi connectivity index (χ4v) is 4.28. The van der Waals surface area contributed by atoms with Crippen LogP contribution in [0.15, 0.2) is 64.3 Å². The fraction of sp³-hybridized carbons (Fsp3) is 0.320. The third kappa shape index (κ3) is 5.96. The Morgan fingerprint density at radius 3 is 2.33 bits per heavy atom. The molecule has 178 valence electrons. The predicted octanol–water partition coefficient (Wildman–Crippen LogP) is 3.85. The SMILES string of the molecule is C=CCc1c(O)c(CN2CCN(CCO)CC2)cc2c(-c3ccccc3)cc(=O)oc12.Cl.Cl. The van der Waals surface area contributed by atoms with Gasteiger partial charge in [0, 0.05) is 61.8 Å². The van der Waals surface area contributed by atoms with E-state index in [1.54, 1.807) is 6.08 Å². The van der Waals surface area contributed by atoms with Crippen LogP contribution in [-0.2, 0) is 13.0 Å². The molecule has 3 aromatic rings. The lowest BCUT2D eigenvalue weighted by Gasteiger charge is -2.34. The zero-order valence-corrected chi connectivity index (χ0v) is 20.0. The van der Waals surface area contributed by atoms with Gasteiger partial charge in [0.1, 0.15) is 11.3 Å². The number of aromatic hydroxyl groups is 1. The van der Waals surface area contributed by atoms with Crippen molar-refractivity contribution in [1.29, 1.82) is 0 Å². The van der Waals surface area contributed by atoms with Crippen LogP contribution in [0, 0.1) is 0 Å². The number of phenols is 1. The molecule has 6 nitrogen and oxygen atoms in total. The second-order valence-electron chi connectivity index (χ2n) is 7.92. The van der Waals surface area contributed by atoms with Crippen LogP contribution in [0.5, 0.6) is 5.75 Å². The molecule has 0 atom stereocenters. The number of phenolic OH excluding ortho intramolecular Hbond substituents is 1. The third-order valence-electron chi connectivity index (χ3n) is 5.89.